The zero-order chi connectivity index (χ0) is 25.6. The highest BCUT2D eigenvalue weighted by atomic mass is 79.9. The molecular formula is C26H25Br2N3O4. The second kappa shape index (κ2) is 11.4. The molecule has 182 valence electrons. The number of para-hydroxylation sites is 2. The summed E-state index contributed by atoms with van der Waals surface area (Å²) in [5, 5.41) is 16.0. The number of rotatable bonds is 7. The number of benzene rings is 3. The van der Waals surface area contributed by atoms with Gasteiger partial charge in [0.25, 0.3) is 0 Å². The van der Waals surface area contributed by atoms with Gasteiger partial charge in [0.15, 0.2) is 0 Å². The molecule has 0 saturated heterocycles. The number of nitrogen functional groups attached to an aromatic ring is 1. The van der Waals surface area contributed by atoms with Crippen molar-refractivity contribution in [2.24, 2.45) is 5.41 Å². The molecule has 0 aliphatic carbocycles. The number of carbonyl (C=O) groups excluding carboxylic acids is 2. The SMILES string of the molecule is CC(C)(/C=C/C(=O)Nc1ccccc1N)[C@H](OC(=O)Nc1ccc(Br)cc1)c1cc(Br)ccc1O. The number of carbonyl (C=O) groups is 2. The van der Waals surface area contributed by atoms with E-state index in [9.17, 15) is 14.7 Å². The molecule has 0 saturated carbocycles. The van der Waals surface area contributed by atoms with Crippen molar-refractivity contribution in [3.63, 3.8) is 0 Å². The summed E-state index contributed by atoms with van der Waals surface area (Å²) >= 11 is 6.75. The number of phenols is 1. The maximum Gasteiger partial charge on any atom is 0.412 e. The predicted molar refractivity (Wildman–Crippen MR) is 145 cm³/mol. The lowest BCUT2D eigenvalue weighted by atomic mass is 9.81. The van der Waals surface area contributed by atoms with E-state index in [0.29, 0.717) is 27.1 Å². The molecule has 3 aromatic rings. The van der Waals surface area contributed by atoms with Crippen LogP contribution in [0.1, 0.15) is 25.5 Å². The average molecular weight is 603 g/mol. The lowest BCUT2D eigenvalue weighted by Crippen LogP contribution is -2.28. The van der Waals surface area contributed by atoms with Crippen molar-refractivity contribution in [2.75, 3.05) is 16.4 Å². The number of hydrogen-bond donors (Lipinski definition) is 4. The molecule has 5 N–H and O–H groups in total. The lowest BCUT2D eigenvalue weighted by molar-refractivity contribution is -0.112. The van der Waals surface area contributed by atoms with Gasteiger partial charge in [-0.3, -0.25) is 10.1 Å². The predicted octanol–water partition coefficient (Wildman–Crippen LogP) is 7.01. The van der Waals surface area contributed by atoms with Gasteiger partial charge in [0.05, 0.1) is 11.4 Å². The van der Waals surface area contributed by atoms with Crippen molar-refractivity contribution in [1.29, 1.82) is 0 Å². The fourth-order valence-electron chi connectivity index (χ4n) is 3.30. The third-order valence-electron chi connectivity index (χ3n) is 5.15. The molecule has 0 unspecified atom stereocenters. The van der Waals surface area contributed by atoms with Crippen molar-refractivity contribution in [3.05, 3.63) is 93.4 Å². The number of amides is 2. The van der Waals surface area contributed by atoms with Crippen LogP contribution in [0, 0.1) is 5.41 Å². The highest BCUT2D eigenvalue weighted by Crippen LogP contribution is 2.42. The fraction of sp³-hybridized carbons (Fsp3) is 0.154. The summed E-state index contributed by atoms with van der Waals surface area (Å²) in [7, 11) is 0. The van der Waals surface area contributed by atoms with E-state index < -0.39 is 23.5 Å². The topological polar surface area (TPSA) is 114 Å². The standard InChI is InChI=1S/C26H25Br2N3O4/c1-26(2,14-13-23(33)31-21-6-4-3-5-20(21)29)24(19-15-17(28)9-12-22(19)32)35-25(34)30-18-10-7-16(27)8-11-18/h3-15,24,32H,29H2,1-2H3,(H,30,34)(H,31,33)/b14-13+/t24-/m1/s1. The van der Waals surface area contributed by atoms with E-state index in [1.807, 2.05) is 0 Å². The second-order valence-corrected chi connectivity index (χ2v) is 10.2. The summed E-state index contributed by atoms with van der Waals surface area (Å²) in [6, 6.07) is 18.8. The number of ether oxygens (including phenoxy) is 1. The third-order valence-corrected chi connectivity index (χ3v) is 6.17. The van der Waals surface area contributed by atoms with Crippen molar-refractivity contribution in [3.8, 4) is 5.75 Å². The van der Waals surface area contributed by atoms with Crippen LogP contribution >= 0.6 is 31.9 Å². The Morgan fingerprint density at radius 1 is 1.00 bits per heavy atom. The smallest absolute Gasteiger partial charge is 0.412 e. The first-order chi connectivity index (χ1) is 16.5. The average Bonchev–Trinajstić information content (AvgIpc) is 2.81. The Morgan fingerprint density at radius 2 is 1.66 bits per heavy atom. The number of aromatic hydroxyl groups is 1. The molecule has 7 nitrogen and oxygen atoms in total. The molecule has 35 heavy (non-hydrogen) atoms. The van der Waals surface area contributed by atoms with Crippen LogP contribution in [0.2, 0.25) is 0 Å². The molecule has 0 fully saturated rings. The quantitative estimate of drug-likeness (QED) is 0.172. The number of phenolic OH excluding ortho intramolecular Hbond substituents is 1. The largest absolute Gasteiger partial charge is 0.508 e. The van der Waals surface area contributed by atoms with E-state index in [1.54, 1.807) is 80.6 Å². The number of nitrogens with two attached hydrogens (primary N) is 1. The minimum Gasteiger partial charge on any atom is -0.508 e. The van der Waals surface area contributed by atoms with Crippen LogP contribution in [0.4, 0.5) is 21.9 Å². The summed E-state index contributed by atoms with van der Waals surface area (Å²) in [6.07, 6.45) is 1.34. The Morgan fingerprint density at radius 3 is 2.34 bits per heavy atom. The molecule has 0 aliphatic heterocycles. The number of hydrogen-bond acceptors (Lipinski definition) is 5. The Kier molecular flexibility index (Phi) is 8.58. The molecule has 0 heterocycles. The van der Waals surface area contributed by atoms with E-state index in [2.05, 4.69) is 42.5 Å². The van der Waals surface area contributed by atoms with Crippen LogP contribution in [0.3, 0.4) is 0 Å². The monoisotopic (exact) mass is 601 g/mol. The van der Waals surface area contributed by atoms with E-state index >= 15 is 0 Å². The number of halogens is 2. The van der Waals surface area contributed by atoms with Crippen LogP contribution in [0.25, 0.3) is 0 Å². The third kappa shape index (κ3) is 7.34. The normalized spacial score (nSPS) is 12.2. The van der Waals surface area contributed by atoms with Crippen molar-refractivity contribution < 1.29 is 19.4 Å². The molecule has 0 spiro atoms. The summed E-state index contributed by atoms with van der Waals surface area (Å²) in [5.74, 6) is -0.440. The van der Waals surface area contributed by atoms with Gasteiger partial charge < -0.3 is 20.9 Å². The van der Waals surface area contributed by atoms with Crippen LogP contribution in [0.15, 0.2) is 87.8 Å². The van der Waals surface area contributed by atoms with Gasteiger partial charge in [-0.15, -0.1) is 0 Å². The minimum atomic E-state index is -0.929. The first-order valence-corrected chi connectivity index (χ1v) is 12.2. The summed E-state index contributed by atoms with van der Waals surface area (Å²) in [5.41, 5.74) is 6.86. The van der Waals surface area contributed by atoms with Gasteiger partial charge in [0, 0.05) is 25.6 Å². The van der Waals surface area contributed by atoms with Crippen molar-refractivity contribution in [1.82, 2.24) is 0 Å². The highest BCUT2D eigenvalue weighted by Gasteiger charge is 2.34. The van der Waals surface area contributed by atoms with Crippen LogP contribution in [-0.4, -0.2) is 17.1 Å². The number of anilines is 3. The van der Waals surface area contributed by atoms with Crippen LogP contribution < -0.4 is 16.4 Å². The molecule has 3 rings (SSSR count). The molecule has 3 aromatic carbocycles. The maximum absolute atomic E-state index is 12.8. The molecule has 0 aliphatic rings. The molecule has 0 aromatic heterocycles. The summed E-state index contributed by atoms with van der Waals surface area (Å²) < 4.78 is 7.36. The van der Waals surface area contributed by atoms with Crippen molar-refractivity contribution in [2.45, 2.75) is 20.0 Å². The first-order valence-electron chi connectivity index (χ1n) is 10.6. The highest BCUT2D eigenvalue weighted by molar-refractivity contribution is 9.10. The Balaban J connectivity index is 1.85. The van der Waals surface area contributed by atoms with Crippen LogP contribution in [-0.2, 0) is 9.53 Å². The molecule has 9 heteroatoms. The van der Waals surface area contributed by atoms with Gasteiger partial charge in [0.2, 0.25) is 5.91 Å². The van der Waals surface area contributed by atoms with Gasteiger partial charge in [-0.25, -0.2) is 4.79 Å². The Labute approximate surface area is 220 Å². The van der Waals surface area contributed by atoms with Gasteiger partial charge in [-0.1, -0.05) is 63.9 Å². The Hall–Kier alpha value is -3.30. The van der Waals surface area contributed by atoms with Gasteiger partial charge >= 0.3 is 6.09 Å². The second-order valence-electron chi connectivity index (χ2n) is 8.35. The van der Waals surface area contributed by atoms with Crippen LogP contribution in [0.5, 0.6) is 5.75 Å². The Bertz CT molecular complexity index is 1240. The molecule has 1 atom stereocenters. The van der Waals surface area contributed by atoms with Gasteiger partial charge in [-0.05, 0) is 60.7 Å². The van der Waals surface area contributed by atoms with E-state index in [-0.39, 0.29) is 5.75 Å². The summed E-state index contributed by atoms with van der Waals surface area (Å²) in [4.78, 5) is 25.3. The molecule has 2 amide bonds. The first kappa shape index (κ1) is 26.3. The maximum atomic E-state index is 12.8. The van der Waals surface area contributed by atoms with Gasteiger partial charge in [0.1, 0.15) is 11.9 Å². The molecular weight excluding hydrogens is 578 g/mol. The lowest BCUT2D eigenvalue weighted by Gasteiger charge is -2.32. The van der Waals surface area contributed by atoms with E-state index in [0.717, 1.165) is 4.47 Å². The zero-order valence-corrected chi connectivity index (χ0v) is 22.3. The molecule has 0 radical (unpaired) electrons. The minimum absolute atomic E-state index is 0.0439. The van der Waals surface area contributed by atoms with E-state index in [4.69, 9.17) is 10.5 Å². The fourth-order valence-corrected chi connectivity index (χ4v) is 3.95. The molecule has 0 bridgehead atoms. The number of nitrogens with one attached hydrogen (secondary N) is 2. The van der Waals surface area contributed by atoms with Gasteiger partial charge in [-0.2, -0.15) is 0 Å². The summed E-state index contributed by atoms with van der Waals surface area (Å²) in [6.45, 7) is 3.59. The zero-order valence-electron chi connectivity index (χ0n) is 19.1. The van der Waals surface area contributed by atoms with E-state index in [1.165, 1.54) is 12.1 Å². The van der Waals surface area contributed by atoms with Crippen molar-refractivity contribution >= 4 is 60.9 Å².